The lowest BCUT2D eigenvalue weighted by atomic mass is 10.4. The van der Waals surface area contributed by atoms with Crippen LogP contribution in [-0.2, 0) is 0 Å². The molecule has 2 nitrogen and oxygen atoms in total. The second-order valence-electron chi connectivity index (χ2n) is 2.36. The van der Waals surface area contributed by atoms with Crippen molar-refractivity contribution < 1.29 is 22.4 Å². The SMILES string of the molecule is CC[NH+](C)CC(C)O.[Cl-]. The second kappa shape index (κ2) is 6.33. The third-order valence-corrected chi connectivity index (χ3v) is 1.25. The molecule has 0 bridgehead atoms. The van der Waals surface area contributed by atoms with Crippen molar-refractivity contribution in [1.29, 1.82) is 0 Å². The fraction of sp³-hybridized carbons (Fsp3) is 1.00. The van der Waals surface area contributed by atoms with E-state index in [1.807, 2.05) is 6.92 Å². The summed E-state index contributed by atoms with van der Waals surface area (Å²) in [7, 11) is 2.08. The lowest BCUT2D eigenvalue weighted by molar-refractivity contribution is -0.880. The number of rotatable bonds is 3. The van der Waals surface area contributed by atoms with Crippen LogP contribution in [0.1, 0.15) is 13.8 Å². The third kappa shape index (κ3) is 8.21. The molecular weight excluding hydrogens is 138 g/mol. The van der Waals surface area contributed by atoms with Crippen molar-refractivity contribution in [2.24, 2.45) is 0 Å². The van der Waals surface area contributed by atoms with Crippen LogP contribution in [-0.4, -0.2) is 31.3 Å². The van der Waals surface area contributed by atoms with Gasteiger partial charge in [0.05, 0.1) is 13.6 Å². The van der Waals surface area contributed by atoms with E-state index in [0.717, 1.165) is 13.1 Å². The van der Waals surface area contributed by atoms with Gasteiger partial charge < -0.3 is 22.4 Å². The smallest absolute Gasteiger partial charge is 0.103 e. The molecule has 0 aliphatic heterocycles. The van der Waals surface area contributed by atoms with Crippen molar-refractivity contribution in [3.63, 3.8) is 0 Å². The summed E-state index contributed by atoms with van der Waals surface area (Å²) in [6.07, 6.45) is -0.157. The highest BCUT2D eigenvalue weighted by Crippen LogP contribution is 1.67. The number of nitrogens with one attached hydrogen (secondary N) is 1. The van der Waals surface area contributed by atoms with E-state index in [1.54, 1.807) is 0 Å². The molecule has 0 spiro atoms. The normalized spacial score (nSPS) is 16.0. The lowest BCUT2D eigenvalue weighted by Gasteiger charge is -2.11. The first-order valence-corrected chi connectivity index (χ1v) is 3.16. The van der Waals surface area contributed by atoms with Crippen LogP contribution >= 0.6 is 0 Å². The van der Waals surface area contributed by atoms with Gasteiger partial charge in [-0.15, -0.1) is 0 Å². The minimum atomic E-state index is -0.157. The molecule has 0 amide bonds. The molecule has 0 radical (unpaired) electrons. The molecular formula is C6H16ClNO. The summed E-state index contributed by atoms with van der Waals surface area (Å²) in [4.78, 5) is 1.38. The van der Waals surface area contributed by atoms with Crippen LogP contribution in [0.5, 0.6) is 0 Å². The van der Waals surface area contributed by atoms with E-state index >= 15 is 0 Å². The average Bonchev–Trinajstić information content (AvgIpc) is 1.65. The number of aliphatic hydroxyl groups excluding tert-OH is 1. The van der Waals surface area contributed by atoms with Gasteiger partial charge in [-0.25, -0.2) is 0 Å². The van der Waals surface area contributed by atoms with Gasteiger partial charge in [-0.05, 0) is 13.8 Å². The van der Waals surface area contributed by atoms with Crippen LogP contribution in [0.3, 0.4) is 0 Å². The number of hydrogen-bond donors (Lipinski definition) is 2. The zero-order valence-corrected chi connectivity index (χ0v) is 7.07. The molecule has 0 aliphatic carbocycles. The summed E-state index contributed by atoms with van der Waals surface area (Å²) < 4.78 is 0. The number of halogens is 1. The topological polar surface area (TPSA) is 24.7 Å². The van der Waals surface area contributed by atoms with Gasteiger partial charge in [0.1, 0.15) is 12.6 Å². The van der Waals surface area contributed by atoms with E-state index in [9.17, 15) is 0 Å². The Kier molecular flexibility index (Phi) is 8.40. The van der Waals surface area contributed by atoms with Crippen LogP contribution in [0, 0.1) is 0 Å². The van der Waals surface area contributed by atoms with Crippen molar-refractivity contribution in [2.45, 2.75) is 20.0 Å². The Balaban J connectivity index is 0. The average molecular weight is 154 g/mol. The monoisotopic (exact) mass is 153 g/mol. The van der Waals surface area contributed by atoms with Crippen LogP contribution < -0.4 is 17.3 Å². The van der Waals surface area contributed by atoms with Crippen molar-refractivity contribution in [2.75, 3.05) is 20.1 Å². The summed E-state index contributed by atoms with van der Waals surface area (Å²) >= 11 is 0. The highest BCUT2D eigenvalue weighted by atomic mass is 35.5. The predicted molar refractivity (Wildman–Crippen MR) is 34.0 cm³/mol. The van der Waals surface area contributed by atoms with Gasteiger partial charge in [0.25, 0.3) is 0 Å². The fourth-order valence-electron chi connectivity index (χ4n) is 0.649. The van der Waals surface area contributed by atoms with E-state index < -0.39 is 0 Å². The van der Waals surface area contributed by atoms with Crippen LogP contribution in [0.15, 0.2) is 0 Å². The van der Waals surface area contributed by atoms with Gasteiger partial charge in [0.15, 0.2) is 0 Å². The number of hydrogen-bond acceptors (Lipinski definition) is 1. The number of quaternary nitrogens is 1. The minimum absolute atomic E-state index is 0. The van der Waals surface area contributed by atoms with E-state index in [4.69, 9.17) is 5.11 Å². The Bertz CT molecular complexity index is 59.0. The first-order valence-electron chi connectivity index (χ1n) is 3.16. The fourth-order valence-corrected chi connectivity index (χ4v) is 0.649. The molecule has 0 aromatic heterocycles. The maximum absolute atomic E-state index is 8.83. The van der Waals surface area contributed by atoms with E-state index in [1.165, 1.54) is 4.90 Å². The van der Waals surface area contributed by atoms with Crippen molar-refractivity contribution in [3.8, 4) is 0 Å². The standard InChI is InChI=1S/C6H15NO.ClH/c1-4-7(3)5-6(2)8;/h6,8H,4-5H2,1-3H3;1H. The summed E-state index contributed by atoms with van der Waals surface area (Å²) in [6, 6.07) is 0. The van der Waals surface area contributed by atoms with Gasteiger partial charge in [-0.2, -0.15) is 0 Å². The van der Waals surface area contributed by atoms with E-state index in [2.05, 4.69) is 14.0 Å². The highest BCUT2D eigenvalue weighted by Gasteiger charge is 2.01. The zero-order valence-electron chi connectivity index (χ0n) is 6.32. The Morgan fingerprint density at radius 1 is 1.56 bits per heavy atom. The molecule has 2 N–H and O–H groups in total. The molecule has 3 heteroatoms. The Morgan fingerprint density at radius 2 is 2.00 bits per heavy atom. The van der Waals surface area contributed by atoms with E-state index in [-0.39, 0.29) is 18.5 Å². The molecule has 2 atom stereocenters. The first-order chi connectivity index (χ1) is 3.66. The molecule has 0 aromatic rings. The molecule has 0 heterocycles. The maximum atomic E-state index is 8.83. The Hall–Kier alpha value is 0.210. The highest BCUT2D eigenvalue weighted by molar-refractivity contribution is 4.36. The molecule has 58 valence electrons. The largest absolute Gasteiger partial charge is 1.00 e. The van der Waals surface area contributed by atoms with Gasteiger partial charge in [-0.1, -0.05) is 0 Å². The predicted octanol–water partition coefficient (Wildman–Crippen LogP) is -4.09. The van der Waals surface area contributed by atoms with Crippen molar-refractivity contribution in [1.82, 2.24) is 0 Å². The molecule has 2 unspecified atom stereocenters. The first kappa shape index (κ1) is 11.9. The number of likely N-dealkylation sites (N-methyl/N-ethyl adjacent to an activating group) is 1. The minimum Gasteiger partial charge on any atom is -1.00 e. The number of aliphatic hydroxyl groups is 1. The third-order valence-electron chi connectivity index (χ3n) is 1.25. The van der Waals surface area contributed by atoms with Crippen LogP contribution in [0.2, 0.25) is 0 Å². The second-order valence-corrected chi connectivity index (χ2v) is 2.36. The molecule has 0 saturated heterocycles. The zero-order chi connectivity index (χ0) is 6.57. The van der Waals surface area contributed by atoms with Gasteiger partial charge in [-0.3, -0.25) is 0 Å². The lowest BCUT2D eigenvalue weighted by Crippen LogP contribution is -3.09. The molecule has 0 fully saturated rings. The maximum Gasteiger partial charge on any atom is 0.103 e. The molecule has 0 saturated carbocycles. The van der Waals surface area contributed by atoms with Crippen LogP contribution in [0.25, 0.3) is 0 Å². The van der Waals surface area contributed by atoms with Crippen molar-refractivity contribution >= 4 is 0 Å². The summed E-state index contributed by atoms with van der Waals surface area (Å²) in [5.74, 6) is 0. The van der Waals surface area contributed by atoms with Gasteiger partial charge in [0.2, 0.25) is 0 Å². The molecule has 9 heavy (non-hydrogen) atoms. The Morgan fingerprint density at radius 3 is 2.11 bits per heavy atom. The molecule has 0 aliphatic rings. The van der Waals surface area contributed by atoms with Crippen LogP contribution in [0.4, 0.5) is 0 Å². The summed E-state index contributed by atoms with van der Waals surface area (Å²) in [5, 5.41) is 8.83. The Labute approximate surface area is 63.3 Å². The van der Waals surface area contributed by atoms with Gasteiger partial charge >= 0.3 is 0 Å². The van der Waals surface area contributed by atoms with Gasteiger partial charge in [0, 0.05) is 0 Å². The summed E-state index contributed by atoms with van der Waals surface area (Å²) in [6.45, 7) is 5.87. The summed E-state index contributed by atoms with van der Waals surface area (Å²) in [5.41, 5.74) is 0. The van der Waals surface area contributed by atoms with E-state index in [0.29, 0.717) is 0 Å². The molecule has 0 aromatic carbocycles. The van der Waals surface area contributed by atoms with Crippen molar-refractivity contribution in [3.05, 3.63) is 0 Å². The molecule has 0 rings (SSSR count). The quantitative estimate of drug-likeness (QED) is 0.424.